The van der Waals surface area contributed by atoms with Gasteiger partial charge in [0.05, 0.1) is 64.0 Å². The van der Waals surface area contributed by atoms with E-state index in [0.717, 1.165) is 0 Å². The Labute approximate surface area is 432 Å². The maximum absolute atomic E-state index is 14.7. The molecule has 4 rings (SSSR count). The standard InChI is InChI=1S/C51H78N8O11S2/c1-15-31(6)43(38(68-13)27-39(60)58-26-20-25-37(58)45(69-14)32(7)46(62)52-33(8)44(61)34-21-17-16-18-22-34)56(11)48(64)40(29(2)3)54-47(63)42(30(4)5)57(12)50(65)70-28-51(9,10)72-71-49-53-35-23-19-24-36(59(66)67)41(35)55-49/h16-19,21-24,29-33,37-38,40,42-45,61H,15,20,25-28H2,1-14H3,(H,52,62)(H,53,55)(H,54,63)/t31-,32+,33+,37-,38+,40-,42-,43-,44+,45+/m0/s1. The second kappa shape index (κ2) is 26.8. The van der Waals surface area contributed by atoms with E-state index in [0.29, 0.717) is 42.0 Å². The van der Waals surface area contributed by atoms with Gasteiger partial charge in [0.2, 0.25) is 23.6 Å². The second-order valence-corrected chi connectivity index (χ2v) is 23.1. The zero-order valence-electron chi connectivity index (χ0n) is 44.4. The molecule has 1 saturated heterocycles. The summed E-state index contributed by atoms with van der Waals surface area (Å²) in [5, 5.41) is 28.8. The van der Waals surface area contributed by atoms with Crippen molar-refractivity contribution in [2.45, 2.75) is 153 Å². The molecule has 0 radical (unpaired) electrons. The van der Waals surface area contributed by atoms with E-state index in [1.165, 1.54) is 53.8 Å². The number of nitro groups is 1. The molecule has 0 saturated carbocycles. The lowest BCUT2D eigenvalue weighted by atomic mass is 9.89. The molecular formula is C51H78N8O11S2. The minimum atomic E-state index is -1.01. The quantitative estimate of drug-likeness (QED) is 0.0349. The van der Waals surface area contributed by atoms with E-state index < -0.39 is 76.1 Å². The molecule has 1 aromatic heterocycles. The highest BCUT2D eigenvalue weighted by molar-refractivity contribution is 8.77. The number of imidazole rings is 1. The van der Waals surface area contributed by atoms with Gasteiger partial charge in [0.1, 0.15) is 18.7 Å². The molecule has 2 aromatic carbocycles. The number of likely N-dealkylation sites (tertiary alicyclic amines) is 1. The summed E-state index contributed by atoms with van der Waals surface area (Å²) in [6.07, 6.45) is -1.12. The molecule has 1 aliphatic heterocycles. The van der Waals surface area contributed by atoms with Crippen molar-refractivity contribution >= 4 is 68.0 Å². The Morgan fingerprint density at radius 1 is 0.944 bits per heavy atom. The SMILES string of the molecule is CC[C@H](C)[C@@H]([C@@H](CC(=O)N1CCC[C@H]1[C@H](OC)[C@@H](C)C(=O)N[C@H](C)[C@@H](O)c1ccccc1)OC)N(C)C(=O)[C@@H](NC(=O)[C@H](C(C)C)N(C)C(=O)OCC(C)(C)SSc1nc2c([N+](=O)[O-])cccc2[nH]1)C(C)C. The molecule has 1 fully saturated rings. The number of rotatable bonds is 26. The van der Waals surface area contributed by atoms with Gasteiger partial charge in [-0.25, -0.2) is 9.78 Å². The monoisotopic (exact) mass is 1040 g/mol. The van der Waals surface area contributed by atoms with Crippen LogP contribution in [0.15, 0.2) is 53.7 Å². The van der Waals surface area contributed by atoms with Crippen LogP contribution in [0.4, 0.5) is 10.5 Å². The van der Waals surface area contributed by atoms with Crippen molar-refractivity contribution in [2.24, 2.45) is 23.7 Å². The number of nitrogens with one attached hydrogen (secondary N) is 3. The van der Waals surface area contributed by atoms with Gasteiger partial charge >= 0.3 is 6.09 Å². The minimum absolute atomic E-state index is 0.0406. The van der Waals surface area contributed by atoms with E-state index in [9.17, 15) is 39.2 Å². The van der Waals surface area contributed by atoms with Crippen LogP contribution >= 0.6 is 21.6 Å². The highest BCUT2D eigenvalue weighted by Crippen LogP contribution is 2.41. The van der Waals surface area contributed by atoms with Gasteiger partial charge in [-0.15, -0.1) is 0 Å². The number of fused-ring (bicyclic) bond motifs is 1. The van der Waals surface area contributed by atoms with Crippen LogP contribution in [-0.2, 0) is 33.4 Å². The molecule has 21 heteroatoms. The molecule has 10 atom stereocenters. The number of para-hydroxylation sites is 1. The number of hydrogen-bond acceptors (Lipinski definition) is 14. The van der Waals surface area contributed by atoms with Crippen molar-refractivity contribution in [3.63, 3.8) is 0 Å². The van der Waals surface area contributed by atoms with Crippen molar-refractivity contribution in [1.82, 2.24) is 35.3 Å². The van der Waals surface area contributed by atoms with Crippen LogP contribution in [0.25, 0.3) is 11.0 Å². The number of ether oxygens (including phenoxy) is 3. The van der Waals surface area contributed by atoms with Crippen LogP contribution in [0.2, 0.25) is 0 Å². The smallest absolute Gasteiger partial charge is 0.410 e. The normalized spacial score (nSPS) is 17.8. The number of aromatic amines is 1. The van der Waals surface area contributed by atoms with E-state index in [4.69, 9.17) is 14.2 Å². The Balaban J connectivity index is 1.42. The zero-order valence-corrected chi connectivity index (χ0v) is 46.0. The number of aromatic nitrogens is 2. The van der Waals surface area contributed by atoms with E-state index in [2.05, 4.69) is 20.6 Å². The molecule has 19 nitrogen and oxygen atoms in total. The van der Waals surface area contributed by atoms with Crippen molar-refractivity contribution in [3.8, 4) is 0 Å². The van der Waals surface area contributed by atoms with Crippen molar-refractivity contribution in [2.75, 3.05) is 41.5 Å². The Bertz CT molecular complexity index is 2300. The Kier molecular flexibility index (Phi) is 22.2. The topological polar surface area (TPSA) is 239 Å². The maximum Gasteiger partial charge on any atom is 0.410 e. The van der Waals surface area contributed by atoms with Crippen LogP contribution in [0, 0.1) is 33.8 Å². The number of amides is 5. The van der Waals surface area contributed by atoms with Gasteiger partial charge in [-0.2, -0.15) is 0 Å². The Morgan fingerprint density at radius 2 is 1.61 bits per heavy atom. The summed E-state index contributed by atoms with van der Waals surface area (Å²) in [5.74, 6) is -2.98. The molecule has 2 heterocycles. The first-order valence-electron chi connectivity index (χ1n) is 24.7. The molecule has 72 heavy (non-hydrogen) atoms. The molecule has 5 amide bonds. The number of methoxy groups -OCH3 is 2. The zero-order chi connectivity index (χ0) is 53.8. The Morgan fingerprint density at radius 3 is 2.19 bits per heavy atom. The highest BCUT2D eigenvalue weighted by atomic mass is 33.1. The fourth-order valence-corrected chi connectivity index (χ4v) is 11.4. The van der Waals surface area contributed by atoms with Gasteiger partial charge in [-0.3, -0.25) is 34.2 Å². The first-order chi connectivity index (χ1) is 33.9. The van der Waals surface area contributed by atoms with Gasteiger partial charge in [0, 0.05) is 40.9 Å². The lowest BCUT2D eigenvalue weighted by Crippen LogP contribution is -2.60. The first kappa shape index (κ1) is 59.6. The van der Waals surface area contributed by atoms with Crippen LogP contribution in [0.3, 0.4) is 0 Å². The minimum Gasteiger partial charge on any atom is -0.448 e. The number of likely N-dealkylation sites (N-methyl/N-ethyl adjacent to an activating group) is 2. The predicted molar refractivity (Wildman–Crippen MR) is 280 cm³/mol. The number of non-ortho nitro benzene ring substituents is 1. The summed E-state index contributed by atoms with van der Waals surface area (Å²) in [4.78, 5) is 93.6. The third-order valence-electron chi connectivity index (χ3n) is 13.6. The summed E-state index contributed by atoms with van der Waals surface area (Å²) in [6, 6.07) is 10.2. The number of benzene rings is 2. The Hall–Kier alpha value is -4.96. The number of aliphatic hydroxyl groups excluding tert-OH is 1. The first-order valence-corrected chi connectivity index (χ1v) is 26.9. The highest BCUT2D eigenvalue weighted by Gasteiger charge is 2.44. The summed E-state index contributed by atoms with van der Waals surface area (Å²) >= 11 is 0. The molecule has 0 bridgehead atoms. The van der Waals surface area contributed by atoms with Gasteiger partial charge in [-0.05, 0) is 73.8 Å². The average molecular weight is 1040 g/mol. The summed E-state index contributed by atoms with van der Waals surface area (Å²) in [6.45, 7) is 18.9. The number of aliphatic hydroxyl groups is 1. The van der Waals surface area contributed by atoms with E-state index in [1.807, 2.05) is 59.7 Å². The maximum atomic E-state index is 14.7. The van der Waals surface area contributed by atoms with Crippen LogP contribution in [0.5, 0.6) is 0 Å². The molecule has 4 N–H and O–H groups in total. The van der Waals surface area contributed by atoms with Crippen molar-refractivity contribution in [1.29, 1.82) is 0 Å². The van der Waals surface area contributed by atoms with E-state index in [-0.39, 0.29) is 59.7 Å². The van der Waals surface area contributed by atoms with Gasteiger partial charge in [-0.1, -0.05) is 102 Å². The molecule has 0 unspecified atom stereocenters. The largest absolute Gasteiger partial charge is 0.448 e. The molecule has 0 aliphatic carbocycles. The third kappa shape index (κ3) is 15.1. The van der Waals surface area contributed by atoms with Crippen LogP contribution in [0.1, 0.15) is 107 Å². The van der Waals surface area contributed by atoms with Crippen molar-refractivity contribution < 1.29 is 48.2 Å². The average Bonchev–Trinajstić information content (AvgIpc) is 4.01. The number of nitro benzene ring substituents is 1. The number of nitrogens with zero attached hydrogens (tertiary/aromatic N) is 5. The van der Waals surface area contributed by atoms with Gasteiger partial charge in [0.25, 0.3) is 5.69 Å². The van der Waals surface area contributed by atoms with Gasteiger partial charge in [0.15, 0.2) is 10.7 Å². The predicted octanol–water partition coefficient (Wildman–Crippen LogP) is 7.38. The molecule has 3 aromatic rings. The fraction of sp³-hybridized carbons (Fsp3) is 0.647. The van der Waals surface area contributed by atoms with E-state index in [1.54, 1.807) is 68.8 Å². The fourth-order valence-electron chi connectivity index (χ4n) is 9.39. The van der Waals surface area contributed by atoms with Crippen LogP contribution < -0.4 is 10.6 Å². The van der Waals surface area contributed by atoms with E-state index >= 15 is 0 Å². The number of H-pyrrole nitrogens is 1. The lowest BCUT2D eigenvalue weighted by Gasteiger charge is -2.41. The molecular weight excluding hydrogens is 965 g/mol. The number of hydrogen-bond donors (Lipinski definition) is 4. The third-order valence-corrected chi connectivity index (χ3v) is 16.7. The molecule has 1 aliphatic rings. The summed E-state index contributed by atoms with van der Waals surface area (Å²) in [7, 11) is 8.80. The second-order valence-electron chi connectivity index (χ2n) is 20.2. The molecule has 0 spiro atoms. The summed E-state index contributed by atoms with van der Waals surface area (Å²) in [5.41, 5.74) is 1.35. The lowest BCUT2D eigenvalue weighted by molar-refractivity contribution is -0.383. The van der Waals surface area contributed by atoms with Gasteiger partial charge < -0.3 is 44.7 Å². The number of carbonyl (C=O) groups excluding carboxylic acids is 5. The van der Waals surface area contributed by atoms with Crippen molar-refractivity contribution in [3.05, 3.63) is 64.2 Å². The van der Waals surface area contributed by atoms with Crippen LogP contribution in [-0.4, -0.2) is 153 Å². The molecule has 400 valence electrons. The number of carbonyl (C=O) groups is 5. The summed E-state index contributed by atoms with van der Waals surface area (Å²) < 4.78 is 17.1.